The molecule has 1 aliphatic carbocycles. The highest BCUT2D eigenvalue weighted by atomic mass is 16.5. The summed E-state index contributed by atoms with van der Waals surface area (Å²) in [4.78, 5) is 0. The van der Waals surface area contributed by atoms with Crippen molar-refractivity contribution >= 4 is 0 Å². The normalized spacial score (nSPS) is 17.9. The third-order valence-corrected chi connectivity index (χ3v) is 1.89. The predicted octanol–water partition coefficient (Wildman–Crippen LogP) is 2.81. The molecule has 11 heavy (non-hydrogen) atoms. The van der Waals surface area contributed by atoms with E-state index >= 15 is 0 Å². The molecule has 0 N–H and O–H groups in total. The zero-order valence-electron chi connectivity index (χ0n) is 7.35. The Balaban J connectivity index is 2.87. The zero-order chi connectivity index (χ0) is 8.27. The van der Waals surface area contributed by atoms with Gasteiger partial charge in [0.15, 0.2) is 0 Å². The summed E-state index contributed by atoms with van der Waals surface area (Å²) in [5.41, 5.74) is 2.53. The third kappa shape index (κ3) is 1.97. The first kappa shape index (κ1) is 8.12. The summed E-state index contributed by atoms with van der Waals surface area (Å²) in [6.45, 7) is 4.17. The van der Waals surface area contributed by atoms with Crippen LogP contribution in [-0.2, 0) is 4.74 Å². The Morgan fingerprint density at radius 1 is 1.27 bits per heavy atom. The summed E-state index contributed by atoms with van der Waals surface area (Å²) in [5, 5.41) is 0. The van der Waals surface area contributed by atoms with Crippen LogP contribution in [0, 0.1) is 0 Å². The van der Waals surface area contributed by atoms with Crippen molar-refractivity contribution in [2.24, 2.45) is 0 Å². The van der Waals surface area contributed by atoms with Gasteiger partial charge in [-0.25, -0.2) is 0 Å². The molecule has 0 radical (unpaired) electrons. The van der Waals surface area contributed by atoms with Crippen molar-refractivity contribution in [3.8, 4) is 0 Å². The Kier molecular flexibility index (Phi) is 2.53. The highest BCUT2D eigenvalue weighted by Crippen LogP contribution is 2.17. The second-order valence-corrected chi connectivity index (χ2v) is 2.80. The van der Waals surface area contributed by atoms with E-state index in [0.717, 1.165) is 12.2 Å². The SMILES string of the molecule is COC1=C(C)C=CC(C)=CC1. The van der Waals surface area contributed by atoms with E-state index in [2.05, 4.69) is 32.1 Å². The molecule has 0 aromatic carbocycles. The summed E-state index contributed by atoms with van der Waals surface area (Å²) >= 11 is 0. The molecular weight excluding hydrogens is 136 g/mol. The van der Waals surface area contributed by atoms with Gasteiger partial charge < -0.3 is 4.74 Å². The van der Waals surface area contributed by atoms with Crippen LogP contribution in [0.4, 0.5) is 0 Å². The maximum Gasteiger partial charge on any atom is 0.102 e. The lowest BCUT2D eigenvalue weighted by Crippen LogP contribution is -1.87. The van der Waals surface area contributed by atoms with Crippen molar-refractivity contribution in [1.82, 2.24) is 0 Å². The molecule has 60 valence electrons. The van der Waals surface area contributed by atoms with Gasteiger partial charge in [0.25, 0.3) is 0 Å². The highest BCUT2D eigenvalue weighted by Gasteiger charge is 2.01. The molecule has 1 heteroatoms. The molecule has 0 aromatic heterocycles. The van der Waals surface area contributed by atoms with Crippen LogP contribution in [0.3, 0.4) is 0 Å². The molecule has 0 saturated carbocycles. The van der Waals surface area contributed by atoms with E-state index in [1.54, 1.807) is 7.11 Å². The minimum absolute atomic E-state index is 0.918. The second kappa shape index (κ2) is 3.42. The summed E-state index contributed by atoms with van der Waals surface area (Å²) in [6, 6.07) is 0. The predicted molar refractivity (Wildman–Crippen MR) is 47.2 cm³/mol. The highest BCUT2D eigenvalue weighted by molar-refractivity contribution is 5.32. The number of rotatable bonds is 1. The van der Waals surface area contributed by atoms with Crippen LogP contribution in [0.5, 0.6) is 0 Å². The van der Waals surface area contributed by atoms with Gasteiger partial charge in [0, 0.05) is 6.42 Å². The second-order valence-electron chi connectivity index (χ2n) is 2.80. The van der Waals surface area contributed by atoms with Crippen molar-refractivity contribution in [2.75, 3.05) is 7.11 Å². The lowest BCUT2D eigenvalue weighted by atomic mass is 10.2. The van der Waals surface area contributed by atoms with E-state index in [1.165, 1.54) is 11.1 Å². The Morgan fingerprint density at radius 2 is 2.00 bits per heavy atom. The number of allylic oxidation sites excluding steroid dienone is 5. The molecule has 0 heterocycles. The summed E-state index contributed by atoms with van der Waals surface area (Å²) in [5.74, 6) is 1.07. The first-order valence-corrected chi connectivity index (χ1v) is 3.82. The van der Waals surface area contributed by atoms with Gasteiger partial charge in [0.2, 0.25) is 0 Å². The first-order chi connectivity index (χ1) is 5.24. The van der Waals surface area contributed by atoms with Crippen LogP contribution in [0.2, 0.25) is 0 Å². The van der Waals surface area contributed by atoms with Gasteiger partial charge >= 0.3 is 0 Å². The van der Waals surface area contributed by atoms with E-state index in [0.29, 0.717) is 0 Å². The quantitative estimate of drug-likeness (QED) is 0.558. The monoisotopic (exact) mass is 150 g/mol. The van der Waals surface area contributed by atoms with Crippen molar-refractivity contribution in [1.29, 1.82) is 0 Å². The van der Waals surface area contributed by atoms with Crippen LogP contribution in [0.15, 0.2) is 35.1 Å². The van der Waals surface area contributed by atoms with E-state index in [4.69, 9.17) is 4.74 Å². The van der Waals surface area contributed by atoms with E-state index in [-0.39, 0.29) is 0 Å². The van der Waals surface area contributed by atoms with E-state index in [1.807, 2.05) is 0 Å². The molecule has 0 atom stereocenters. The topological polar surface area (TPSA) is 9.23 Å². The van der Waals surface area contributed by atoms with Gasteiger partial charge in [0.05, 0.1) is 7.11 Å². The molecule has 1 nitrogen and oxygen atoms in total. The van der Waals surface area contributed by atoms with Crippen LogP contribution in [0.25, 0.3) is 0 Å². The molecular formula is C10H14O. The minimum atomic E-state index is 0.918. The average Bonchev–Trinajstić information content (AvgIpc) is 2.15. The largest absolute Gasteiger partial charge is 0.501 e. The van der Waals surface area contributed by atoms with Crippen molar-refractivity contribution in [3.05, 3.63) is 35.1 Å². The smallest absolute Gasteiger partial charge is 0.102 e. The summed E-state index contributed by atoms with van der Waals surface area (Å²) in [7, 11) is 1.72. The third-order valence-electron chi connectivity index (χ3n) is 1.89. The zero-order valence-corrected chi connectivity index (χ0v) is 7.35. The minimum Gasteiger partial charge on any atom is -0.501 e. The average molecular weight is 150 g/mol. The Hall–Kier alpha value is -0.980. The maximum atomic E-state index is 5.22. The Labute approximate surface area is 68.1 Å². The molecule has 0 bridgehead atoms. The number of methoxy groups -OCH3 is 1. The molecule has 1 aliphatic rings. The van der Waals surface area contributed by atoms with Crippen LogP contribution < -0.4 is 0 Å². The van der Waals surface area contributed by atoms with Crippen molar-refractivity contribution in [2.45, 2.75) is 20.3 Å². The van der Waals surface area contributed by atoms with Crippen LogP contribution >= 0.6 is 0 Å². The molecule has 0 spiro atoms. The standard InChI is InChI=1S/C10H14O/c1-8-4-6-9(2)10(11-3)7-5-8/h4-6H,7H2,1-3H3. The van der Waals surface area contributed by atoms with Crippen LogP contribution in [0.1, 0.15) is 20.3 Å². The van der Waals surface area contributed by atoms with Crippen LogP contribution in [-0.4, -0.2) is 7.11 Å². The van der Waals surface area contributed by atoms with Gasteiger partial charge in [-0.3, -0.25) is 0 Å². The molecule has 0 fully saturated rings. The molecule has 0 aliphatic heterocycles. The Morgan fingerprint density at radius 3 is 2.64 bits per heavy atom. The molecule has 0 amide bonds. The van der Waals surface area contributed by atoms with Gasteiger partial charge in [-0.15, -0.1) is 0 Å². The van der Waals surface area contributed by atoms with E-state index < -0.39 is 0 Å². The number of hydrogen-bond donors (Lipinski definition) is 0. The molecule has 1 rings (SSSR count). The van der Waals surface area contributed by atoms with Crippen molar-refractivity contribution < 1.29 is 4.74 Å². The fourth-order valence-electron chi connectivity index (χ4n) is 1.08. The fraction of sp³-hybridized carbons (Fsp3) is 0.400. The van der Waals surface area contributed by atoms with Gasteiger partial charge in [-0.05, 0) is 19.4 Å². The lowest BCUT2D eigenvalue weighted by Gasteiger charge is -2.03. The first-order valence-electron chi connectivity index (χ1n) is 3.82. The molecule has 0 aromatic rings. The molecule has 0 saturated heterocycles. The summed E-state index contributed by atoms with van der Waals surface area (Å²) < 4.78 is 5.22. The van der Waals surface area contributed by atoms with Gasteiger partial charge in [-0.1, -0.05) is 23.8 Å². The van der Waals surface area contributed by atoms with Crippen molar-refractivity contribution in [3.63, 3.8) is 0 Å². The number of ether oxygens (including phenoxy) is 1. The number of hydrogen-bond acceptors (Lipinski definition) is 1. The fourth-order valence-corrected chi connectivity index (χ4v) is 1.08. The van der Waals surface area contributed by atoms with Gasteiger partial charge in [-0.2, -0.15) is 0 Å². The lowest BCUT2D eigenvalue weighted by molar-refractivity contribution is 0.281. The maximum absolute atomic E-state index is 5.22. The van der Waals surface area contributed by atoms with E-state index in [9.17, 15) is 0 Å². The summed E-state index contributed by atoms with van der Waals surface area (Å²) in [6.07, 6.45) is 7.30. The van der Waals surface area contributed by atoms with Gasteiger partial charge in [0.1, 0.15) is 5.76 Å². The Bertz CT molecular complexity index is 231. The molecule has 0 unspecified atom stereocenters.